The topological polar surface area (TPSA) is 61.2 Å². The zero-order valence-corrected chi connectivity index (χ0v) is 15.4. The third-order valence-corrected chi connectivity index (χ3v) is 4.75. The van der Waals surface area contributed by atoms with Crippen molar-refractivity contribution in [1.82, 2.24) is 9.55 Å². The Bertz CT molecular complexity index is 883. The molecule has 0 aliphatic carbocycles. The minimum absolute atomic E-state index is 0.0166. The van der Waals surface area contributed by atoms with Gasteiger partial charge in [0.05, 0.1) is 30.8 Å². The second-order valence-electron chi connectivity index (χ2n) is 5.82. The van der Waals surface area contributed by atoms with Crippen LogP contribution in [0.1, 0.15) is 33.7 Å². The first-order valence-electron chi connectivity index (χ1n) is 8.47. The van der Waals surface area contributed by atoms with E-state index >= 15 is 0 Å². The summed E-state index contributed by atoms with van der Waals surface area (Å²) < 4.78 is 6.87. The number of nitrogens with zero attached hydrogens (tertiary/aromatic N) is 2. The van der Waals surface area contributed by atoms with E-state index in [1.807, 2.05) is 58.6 Å². The number of benzene rings is 1. The Morgan fingerprint density at radius 2 is 1.92 bits per heavy atom. The van der Waals surface area contributed by atoms with E-state index in [1.54, 1.807) is 6.92 Å². The smallest absolute Gasteiger partial charge is 0.311 e. The Morgan fingerprint density at radius 3 is 2.69 bits per heavy atom. The van der Waals surface area contributed by atoms with Gasteiger partial charge in [0.25, 0.3) is 0 Å². The molecule has 0 unspecified atom stereocenters. The highest BCUT2D eigenvalue weighted by Gasteiger charge is 2.15. The zero-order valence-electron chi connectivity index (χ0n) is 14.6. The highest BCUT2D eigenvalue weighted by atomic mass is 32.1. The van der Waals surface area contributed by atoms with Crippen molar-refractivity contribution in [3.63, 3.8) is 0 Å². The van der Waals surface area contributed by atoms with Crippen LogP contribution in [0.25, 0.3) is 0 Å². The average molecular weight is 368 g/mol. The fourth-order valence-electron chi connectivity index (χ4n) is 2.68. The van der Waals surface area contributed by atoms with Gasteiger partial charge in [-0.2, -0.15) is 0 Å². The monoisotopic (exact) mass is 368 g/mol. The number of Topliss-reactive ketones (excluding diaryl/α,β-unsaturated/α-hetero) is 1. The van der Waals surface area contributed by atoms with Gasteiger partial charge in [-0.3, -0.25) is 9.59 Å². The largest absolute Gasteiger partial charge is 0.466 e. The third-order valence-electron chi connectivity index (χ3n) is 3.85. The van der Waals surface area contributed by atoms with Gasteiger partial charge in [-0.25, -0.2) is 4.98 Å². The summed E-state index contributed by atoms with van der Waals surface area (Å²) in [5.74, 6) is -0.282. The number of aromatic nitrogens is 2. The fourth-order valence-corrected chi connectivity index (χ4v) is 3.48. The van der Waals surface area contributed by atoms with Crippen molar-refractivity contribution in [2.24, 2.45) is 0 Å². The lowest BCUT2D eigenvalue weighted by molar-refractivity contribution is -0.142. The summed E-state index contributed by atoms with van der Waals surface area (Å²) in [7, 11) is 0. The molecule has 0 N–H and O–H groups in total. The number of thiazole rings is 1. The van der Waals surface area contributed by atoms with E-state index in [2.05, 4.69) is 4.98 Å². The van der Waals surface area contributed by atoms with E-state index in [0.717, 1.165) is 5.56 Å². The SMILES string of the molecule is CCOC(=O)Cc1csc(CC(=O)c2cccn2Cc2ccccc2)n1. The molecule has 0 aliphatic rings. The van der Waals surface area contributed by atoms with E-state index in [1.165, 1.54) is 11.3 Å². The quantitative estimate of drug-likeness (QED) is 0.451. The maximum atomic E-state index is 12.7. The predicted molar refractivity (Wildman–Crippen MR) is 100 cm³/mol. The van der Waals surface area contributed by atoms with Crippen LogP contribution < -0.4 is 0 Å². The molecule has 0 amide bonds. The lowest BCUT2D eigenvalue weighted by Gasteiger charge is -2.08. The van der Waals surface area contributed by atoms with Gasteiger partial charge in [-0.05, 0) is 24.6 Å². The van der Waals surface area contributed by atoms with Gasteiger partial charge in [0.1, 0.15) is 5.01 Å². The van der Waals surface area contributed by atoms with Gasteiger partial charge in [0, 0.05) is 18.1 Å². The normalized spacial score (nSPS) is 10.7. The minimum Gasteiger partial charge on any atom is -0.466 e. The van der Waals surface area contributed by atoms with E-state index < -0.39 is 0 Å². The van der Waals surface area contributed by atoms with E-state index in [9.17, 15) is 9.59 Å². The third kappa shape index (κ3) is 4.67. The summed E-state index contributed by atoms with van der Waals surface area (Å²) in [5, 5.41) is 2.52. The van der Waals surface area contributed by atoms with Crippen LogP contribution in [0.2, 0.25) is 0 Å². The number of ketones is 1. The van der Waals surface area contributed by atoms with Gasteiger partial charge in [-0.15, -0.1) is 11.3 Å². The van der Waals surface area contributed by atoms with Crippen molar-refractivity contribution in [3.8, 4) is 0 Å². The van der Waals surface area contributed by atoms with Crippen LogP contribution in [-0.2, 0) is 28.9 Å². The fraction of sp³-hybridized carbons (Fsp3) is 0.250. The molecule has 0 fully saturated rings. The number of hydrogen-bond donors (Lipinski definition) is 0. The second-order valence-corrected chi connectivity index (χ2v) is 6.76. The van der Waals surface area contributed by atoms with E-state index in [0.29, 0.717) is 29.5 Å². The van der Waals surface area contributed by atoms with Crippen molar-refractivity contribution in [2.75, 3.05) is 6.61 Å². The van der Waals surface area contributed by atoms with Crippen LogP contribution in [0.5, 0.6) is 0 Å². The maximum absolute atomic E-state index is 12.7. The number of hydrogen-bond acceptors (Lipinski definition) is 5. The molecule has 3 aromatic rings. The molecule has 0 radical (unpaired) electrons. The van der Waals surface area contributed by atoms with Crippen molar-refractivity contribution >= 4 is 23.1 Å². The second kappa shape index (κ2) is 8.58. The van der Waals surface area contributed by atoms with Crippen LogP contribution in [0.3, 0.4) is 0 Å². The molecule has 26 heavy (non-hydrogen) atoms. The predicted octanol–water partition coefficient (Wildman–Crippen LogP) is 3.52. The summed E-state index contributed by atoms with van der Waals surface area (Å²) in [6, 6.07) is 13.7. The molecule has 0 aliphatic heterocycles. The number of carbonyl (C=O) groups is 2. The summed E-state index contributed by atoms with van der Waals surface area (Å²) in [6.07, 6.45) is 2.28. The molecule has 134 valence electrons. The molecule has 0 bridgehead atoms. The molecule has 2 aromatic heterocycles. The van der Waals surface area contributed by atoms with Crippen LogP contribution in [0.15, 0.2) is 54.0 Å². The molecular weight excluding hydrogens is 348 g/mol. The van der Waals surface area contributed by atoms with Gasteiger partial charge in [0.15, 0.2) is 5.78 Å². The molecule has 5 nitrogen and oxygen atoms in total. The minimum atomic E-state index is -0.299. The Kier molecular flexibility index (Phi) is 5.96. The summed E-state index contributed by atoms with van der Waals surface area (Å²) >= 11 is 1.40. The van der Waals surface area contributed by atoms with E-state index in [-0.39, 0.29) is 24.6 Å². The first-order chi connectivity index (χ1) is 12.7. The molecule has 2 heterocycles. The zero-order chi connectivity index (χ0) is 18.4. The van der Waals surface area contributed by atoms with Crippen molar-refractivity contribution in [3.05, 3.63) is 76.0 Å². The van der Waals surface area contributed by atoms with E-state index in [4.69, 9.17) is 4.74 Å². The Hall–Kier alpha value is -2.73. The lowest BCUT2D eigenvalue weighted by Crippen LogP contribution is -2.12. The Morgan fingerprint density at radius 1 is 1.12 bits per heavy atom. The number of ether oxygens (including phenoxy) is 1. The lowest BCUT2D eigenvalue weighted by atomic mass is 10.2. The number of esters is 1. The van der Waals surface area contributed by atoms with Crippen molar-refractivity contribution in [1.29, 1.82) is 0 Å². The highest BCUT2D eigenvalue weighted by molar-refractivity contribution is 7.09. The Balaban J connectivity index is 1.65. The summed E-state index contributed by atoms with van der Waals surface area (Å²) in [6.45, 7) is 2.78. The van der Waals surface area contributed by atoms with Gasteiger partial charge >= 0.3 is 5.97 Å². The molecular formula is C20H20N2O3S. The Labute approximate surface area is 156 Å². The maximum Gasteiger partial charge on any atom is 0.311 e. The van der Waals surface area contributed by atoms with Gasteiger partial charge in [0.2, 0.25) is 0 Å². The average Bonchev–Trinajstić information content (AvgIpc) is 3.25. The first-order valence-corrected chi connectivity index (χ1v) is 9.35. The molecule has 6 heteroatoms. The molecule has 1 aromatic carbocycles. The molecule has 3 rings (SSSR count). The molecule has 0 atom stereocenters. The van der Waals surface area contributed by atoms with Crippen molar-refractivity contribution in [2.45, 2.75) is 26.3 Å². The van der Waals surface area contributed by atoms with Gasteiger partial charge < -0.3 is 9.30 Å². The highest BCUT2D eigenvalue weighted by Crippen LogP contribution is 2.15. The first kappa shape index (κ1) is 18.1. The standard InChI is InChI=1S/C20H20N2O3S/c1-2-25-20(24)11-16-14-26-19(21-16)12-18(23)17-9-6-10-22(17)13-15-7-4-3-5-8-15/h3-10,14H,2,11-13H2,1H3. The summed E-state index contributed by atoms with van der Waals surface area (Å²) in [4.78, 5) is 28.6. The number of rotatable bonds is 8. The van der Waals surface area contributed by atoms with Crippen LogP contribution in [0.4, 0.5) is 0 Å². The summed E-state index contributed by atoms with van der Waals surface area (Å²) in [5.41, 5.74) is 2.45. The molecule has 0 spiro atoms. The van der Waals surface area contributed by atoms with Crippen LogP contribution >= 0.6 is 11.3 Å². The molecule has 0 saturated carbocycles. The van der Waals surface area contributed by atoms with Gasteiger partial charge in [-0.1, -0.05) is 30.3 Å². The van der Waals surface area contributed by atoms with Crippen LogP contribution in [-0.4, -0.2) is 27.9 Å². The molecule has 0 saturated heterocycles. The number of carbonyl (C=O) groups excluding carboxylic acids is 2. The van der Waals surface area contributed by atoms with Crippen molar-refractivity contribution < 1.29 is 14.3 Å². The van der Waals surface area contributed by atoms with Crippen LogP contribution in [0, 0.1) is 0 Å².